The number of halogens is 1. The minimum absolute atomic E-state index is 0.351. The van der Waals surface area contributed by atoms with Crippen molar-refractivity contribution in [1.29, 1.82) is 0 Å². The molecule has 0 spiro atoms. The molecule has 0 radical (unpaired) electrons. The van der Waals surface area contributed by atoms with E-state index in [4.69, 9.17) is 17.3 Å². The average molecular weight is 254 g/mol. The zero-order chi connectivity index (χ0) is 12.4. The standard InChI is InChI=1S/C13H20ClN3/c1-17(2)13-6-5-11(8-12(13)14)16-10-4-3-9(15)7-10/h5-6,8-10,16H,3-4,7,15H2,1-2H3. The van der Waals surface area contributed by atoms with Gasteiger partial charge >= 0.3 is 0 Å². The Balaban J connectivity index is 2.05. The summed E-state index contributed by atoms with van der Waals surface area (Å²) in [6.07, 6.45) is 3.31. The molecule has 3 N–H and O–H groups in total. The molecule has 0 aromatic heterocycles. The molecule has 1 saturated carbocycles. The third kappa shape index (κ3) is 3.05. The average Bonchev–Trinajstić information content (AvgIpc) is 2.63. The molecule has 2 rings (SSSR count). The lowest BCUT2D eigenvalue weighted by atomic mass is 10.2. The van der Waals surface area contributed by atoms with Gasteiger partial charge in [0.25, 0.3) is 0 Å². The summed E-state index contributed by atoms with van der Waals surface area (Å²) in [5.41, 5.74) is 8.02. The lowest BCUT2D eigenvalue weighted by Crippen LogP contribution is -2.20. The van der Waals surface area contributed by atoms with Gasteiger partial charge in [0, 0.05) is 31.9 Å². The van der Waals surface area contributed by atoms with Gasteiger partial charge in [0.05, 0.1) is 10.7 Å². The van der Waals surface area contributed by atoms with E-state index < -0.39 is 0 Å². The van der Waals surface area contributed by atoms with Crippen LogP contribution in [0.5, 0.6) is 0 Å². The fourth-order valence-corrected chi connectivity index (χ4v) is 2.69. The highest BCUT2D eigenvalue weighted by Crippen LogP contribution is 2.29. The van der Waals surface area contributed by atoms with Crippen LogP contribution >= 0.6 is 11.6 Å². The van der Waals surface area contributed by atoms with Gasteiger partial charge in [-0.15, -0.1) is 0 Å². The van der Waals surface area contributed by atoms with Gasteiger partial charge in [-0.3, -0.25) is 0 Å². The highest BCUT2D eigenvalue weighted by molar-refractivity contribution is 6.33. The molecule has 94 valence electrons. The van der Waals surface area contributed by atoms with Gasteiger partial charge in [-0.2, -0.15) is 0 Å². The van der Waals surface area contributed by atoms with Crippen molar-refractivity contribution in [3.63, 3.8) is 0 Å². The van der Waals surface area contributed by atoms with Crippen LogP contribution in [0.1, 0.15) is 19.3 Å². The van der Waals surface area contributed by atoms with E-state index in [-0.39, 0.29) is 0 Å². The molecular formula is C13H20ClN3. The summed E-state index contributed by atoms with van der Waals surface area (Å²) in [5.74, 6) is 0. The number of nitrogens with two attached hydrogens (primary N) is 1. The van der Waals surface area contributed by atoms with E-state index in [9.17, 15) is 0 Å². The minimum atomic E-state index is 0.351. The Morgan fingerprint density at radius 3 is 2.65 bits per heavy atom. The van der Waals surface area contributed by atoms with Gasteiger partial charge in [0.2, 0.25) is 0 Å². The maximum Gasteiger partial charge on any atom is 0.0659 e. The summed E-state index contributed by atoms with van der Waals surface area (Å²) in [7, 11) is 3.98. The second kappa shape index (κ2) is 5.15. The highest BCUT2D eigenvalue weighted by Gasteiger charge is 2.21. The summed E-state index contributed by atoms with van der Waals surface area (Å²) in [5, 5.41) is 4.28. The molecule has 1 aromatic rings. The number of nitrogens with zero attached hydrogens (tertiary/aromatic N) is 1. The van der Waals surface area contributed by atoms with Crippen LogP contribution in [-0.2, 0) is 0 Å². The van der Waals surface area contributed by atoms with E-state index >= 15 is 0 Å². The molecule has 0 aliphatic heterocycles. The summed E-state index contributed by atoms with van der Waals surface area (Å²) in [6, 6.07) is 6.95. The fraction of sp³-hybridized carbons (Fsp3) is 0.538. The molecule has 2 atom stereocenters. The second-order valence-corrected chi connectivity index (χ2v) is 5.38. The van der Waals surface area contributed by atoms with E-state index in [1.54, 1.807) is 0 Å². The quantitative estimate of drug-likeness (QED) is 0.870. The van der Waals surface area contributed by atoms with Crippen LogP contribution in [0, 0.1) is 0 Å². The number of rotatable bonds is 3. The van der Waals surface area contributed by atoms with Crippen molar-refractivity contribution < 1.29 is 0 Å². The molecule has 1 aromatic carbocycles. The first-order chi connectivity index (χ1) is 8.06. The van der Waals surface area contributed by atoms with Crippen molar-refractivity contribution in [1.82, 2.24) is 0 Å². The Labute approximate surface area is 108 Å². The third-order valence-electron chi connectivity index (χ3n) is 3.27. The number of anilines is 2. The Morgan fingerprint density at radius 2 is 2.12 bits per heavy atom. The van der Waals surface area contributed by atoms with E-state index in [2.05, 4.69) is 11.4 Å². The van der Waals surface area contributed by atoms with Gasteiger partial charge in [-0.05, 0) is 37.5 Å². The van der Waals surface area contributed by atoms with Crippen molar-refractivity contribution in [2.24, 2.45) is 5.73 Å². The van der Waals surface area contributed by atoms with E-state index in [1.165, 1.54) is 0 Å². The van der Waals surface area contributed by atoms with Gasteiger partial charge < -0.3 is 16.0 Å². The lowest BCUT2D eigenvalue weighted by molar-refractivity contribution is 0.688. The molecule has 1 fully saturated rings. The monoisotopic (exact) mass is 253 g/mol. The summed E-state index contributed by atoms with van der Waals surface area (Å²) in [6.45, 7) is 0. The number of nitrogens with one attached hydrogen (secondary N) is 1. The first-order valence-electron chi connectivity index (χ1n) is 6.05. The Bertz CT molecular complexity index is 392. The van der Waals surface area contributed by atoms with E-state index in [0.29, 0.717) is 12.1 Å². The topological polar surface area (TPSA) is 41.3 Å². The summed E-state index contributed by atoms with van der Waals surface area (Å²) >= 11 is 6.23. The van der Waals surface area contributed by atoms with Gasteiger partial charge in [-0.25, -0.2) is 0 Å². The molecule has 17 heavy (non-hydrogen) atoms. The zero-order valence-electron chi connectivity index (χ0n) is 10.4. The predicted molar refractivity (Wildman–Crippen MR) is 75.0 cm³/mol. The van der Waals surface area contributed by atoms with Gasteiger partial charge in [0.1, 0.15) is 0 Å². The van der Waals surface area contributed by atoms with Crippen LogP contribution in [0.3, 0.4) is 0 Å². The van der Waals surface area contributed by atoms with E-state index in [1.807, 2.05) is 31.1 Å². The van der Waals surface area contributed by atoms with Crippen LogP contribution in [0.4, 0.5) is 11.4 Å². The Morgan fingerprint density at radius 1 is 1.35 bits per heavy atom. The predicted octanol–water partition coefficient (Wildman–Crippen LogP) is 2.70. The number of benzene rings is 1. The molecule has 0 heterocycles. The summed E-state index contributed by atoms with van der Waals surface area (Å²) in [4.78, 5) is 2.01. The van der Waals surface area contributed by atoms with Crippen molar-refractivity contribution in [3.8, 4) is 0 Å². The van der Waals surface area contributed by atoms with Crippen LogP contribution < -0.4 is 16.0 Å². The van der Waals surface area contributed by atoms with Crippen LogP contribution in [-0.4, -0.2) is 26.2 Å². The molecule has 4 heteroatoms. The van der Waals surface area contributed by atoms with Crippen LogP contribution in [0.2, 0.25) is 5.02 Å². The van der Waals surface area contributed by atoms with Gasteiger partial charge in [0.15, 0.2) is 0 Å². The van der Waals surface area contributed by atoms with Crippen LogP contribution in [0.25, 0.3) is 0 Å². The smallest absolute Gasteiger partial charge is 0.0659 e. The molecule has 1 aliphatic rings. The second-order valence-electron chi connectivity index (χ2n) is 4.98. The van der Waals surface area contributed by atoms with Crippen molar-refractivity contribution in [2.45, 2.75) is 31.3 Å². The zero-order valence-corrected chi connectivity index (χ0v) is 11.2. The normalized spacial score (nSPS) is 23.8. The lowest BCUT2D eigenvalue weighted by Gasteiger charge is -2.18. The largest absolute Gasteiger partial charge is 0.382 e. The Kier molecular flexibility index (Phi) is 3.79. The Hall–Kier alpha value is -0.930. The summed E-state index contributed by atoms with van der Waals surface area (Å²) < 4.78 is 0. The third-order valence-corrected chi connectivity index (χ3v) is 3.58. The maximum atomic E-state index is 6.23. The molecule has 0 amide bonds. The first-order valence-corrected chi connectivity index (χ1v) is 6.43. The first kappa shape index (κ1) is 12.5. The van der Waals surface area contributed by atoms with Gasteiger partial charge in [-0.1, -0.05) is 11.6 Å². The fourth-order valence-electron chi connectivity index (χ4n) is 2.34. The molecule has 3 nitrogen and oxygen atoms in total. The van der Waals surface area contributed by atoms with E-state index in [0.717, 1.165) is 35.7 Å². The molecule has 0 saturated heterocycles. The number of hydrogen-bond donors (Lipinski definition) is 2. The van der Waals surface area contributed by atoms with Crippen molar-refractivity contribution in [3.05, 3.63) is 23.2 Å². The molecule has 2 unspecified atom stereocenters. The highest BCUT2D eigenvalue weighted by atomic mass is 35.5. The molecule has 1 aliphatic carbocycles. The molecule has 0 bridgehead atoms. The van der Waals surface area contributed by atoms with Crippen LogP contribution in [0.15, 0.2) is 18.2 Å². The van der Waals surface area contributed by atoms with Crippen molar-refractivity contribution in [2.75, 3.05) is 24.3 Å². The maximum absolute atomic E-state index is 6.23. The SMILES string of the molecule is CN(C)c1ccc(NC2CCC(N)C2)cc1Cl. The number of hydrogen-bond acceptors (Lipinski definition) is 3. The minimum Gasteiger partial charge on any atom is -0.382 e. The molecular weight excluding hydrogens is 234 g/mol. The van der Waals surface area contributed by atoms with Crippen molar-refractivity contribution >= 4 is 23.0 Å².